The number of hydrogen-bond acceptors (Lipinski definition) is 3. The summed E-state index contributed by atoms with van der Waals surface area (Å²) in [7, 11) is 0. The Kier molecular flexibility index (Phi) is 9.47. The fraction of sp³-hybridized carbons (Fsp3) is 0.391. The number of benzene rings is 2. The van der Waals surface area contributed by atoms with Gasteiger partial charge in [0.1, 0.15) is 11.8 Å². The molecule has 0 aliphatic heterocycles. The highest BCUT2D eigenvalue weighted by atomic mass is 35.5. The fourth-order valence-corrected chi connectivity index (χ4v) is 3.25. The second-order valence-electron chi connectivity index (χ2n) is 7.40. The van der Waals surface area contributed by atoms with Crippen molar-refractivity contribution in [3.05, 3.63) is 64.1 Å². The molecule has 0 aliphatic rings. The first-order valence-corrected chi connectivity index (χ1v) is 10.7. The molecule has 0 aliphatic carbocycles. The van der Waals surface area contributed by atoms with Gasteiger partial charge >= 0.3 is 0 Å². The predicted octanol–water partition coefficient (Wildman–Crippen LogP) is 5.09. The third-order valence-corrected chi connectivity index (χ3v) is 4.94. The lowest BCUT2D eigenvalue weighted by Gasteiger charge is -2.29. The summed E-state index contributed by atoms with van der Waals surface area (Å²) >= 11 is 11.9. The van der Waals surface area contributed by atoms with Gasteiger partial charge in [0.2, 0.25) is 11.8 Å². The van der Waals surface area contributed by atoms with Crippen LogP contribution < -0.4 is 10.1 Å². The lowest BCUT2D eigenvalue weighted by Crippen LogP contribution is -2.49. The summed E-state index contributed by atoms with van der Waals surface area (Å²) in [6, 6.07) is 13.8. The molecule has 0 aromatic heterocycles. The van der Waals surface area contributed by atoms with Crippen LogP contribution in [0, 0.1) is 0 Å². The van der Waals surface area contributed by atoms with E-state index in [0.717, 1.165) is 5.56 Å². The van der Waals surface area contributed by atoms with Crippen molar-refractivity contribution >= 4 is 35.0 Å². The smallest absolute Gasteiger partial charge is 0.242 e. The highest BCUT2D eigenvalue weighted by Crippen LogP contribution is 2.18. The number of ether oxygens (including phenoxy) is 1. The maximum atomic E-state index is 13.0. The Labute approximate surface area is 188 Å². The zero-order valence-electron chi connectivity index (χ0n) is 17.5. The van der Waals surface area contributed by atoms with Gasteiger partial charge in [-0.1, -0.05) is 35.3 Å². The summed E-state index contributed by atoms with van der Waals surface area (Å²) in [5.41, 5.74) is 0.873. The van der Waals surface area contributed by atoms with Crippen molar-refractivity contribution in [2.24, 2.45) is 0 Å². The second-order valence-corrected chi connectivity index (χ2v) is 8.27. The lowest BCUT2D eigenvalue weighted by molar-refractivity contribution is -0.141. The number of nitrogens with zero attached hydrogens (tertiary/aromatic N) is 1. The van der Waals surface area contributed by atoms with Crippen LogP contribution >= 0.6 is 23.2 Å². The minimum atomic E-state index is -0.601. The SMILES string of the molecule is CC(C)NC(=O)C(C)N(Cc1cccc(Cl)c1)C(=O)CCCOc1ccc(Cl)cc1. The Balaban J connectivity index is 1.99. The molecule has 2 aromatic carbocycles. The zero-order chi connectivity index (χ0) is 22.1. The van der Waals surface area contributed by atoms with Gasteiger partial charge in [-0.25, -0.2) is 0 Å². The molecule has 30 heavy (non-hydrogen) atoms. The molecule has 7 heteroatoms. The van der Waals surface area contributed by atoms with E-state index in [1.807, 2.05) is 26.0 Å². The Bertz CT molecular complexity index is 841. The number of nitrogens with one attached hydrogen (secondary N) is 1. The second kappa shape index (κ2) is 11.8. The van der Waals surface area contributed by atoms with Crippen LogP contribution in [0.5, 0.6) is 5.75 Å². The first kappa shape index (κ1) is 24.0. The Morgan fingerprint density at radius 1 is 1.03 bits per heavy atom. The number of carbonyl (C=O) groups excluding carboxylic acids is 2. The molecular formula is C23H28Cl2N2O3. The van der Waals surface area contributed by atoms with Gasteiger partial charge in [0.05, 0.1) is 6.61 Å². The van der Waals surface area contributed by atoms with Gasteiger partial charge in [-0.05, 0) is 69.2 Å². The van der Waals surface area contributed by atoms with Crippen molar-refractivity contribution in [1.82, 2.24) is 10.2 Å². The van der Waals surface area contributed by atoms with Gasteiger partial charge in [0, 0.05) is 29.1 Å². The summed E-state index contributed by atoms with van der Waals surface area (Å²) in [4.78, 5) is 27.1. The van der Waals surface area contributed by atoms with Crippen LogP contribution in [0.4, 0.5) is 0 Å². The van der Waals surface area contributed by atoms with E-state index in [0.29, 0.717) is 35.4 Å². The topological polar surface area (TPSA) is 58.6 Å². The van der Waals surface area contributed by atoms with Crippen LogP contribution in [-0.4, -0.2) is 35.4 Å². The normalized spacial score (nSPS) is 11.8. The number of hydrogen-bond donors (Lipinski definition) is 1. The van der Waals surface area contributed by atoms with E-state index < -0.39 is 6.04 Å². The average Bonchev–Trinajstić information content (AvgIpc) is 2.69. The predicted molar refractivity (Wildman–Crippen MR) is 121 cm³/mol. The highest BCUT2D eigenvalue weighted by molar-refractivity contribution is 6.30. The Hall–Kier alpha value is -2.24. The first-order valence-electron chi connectivity index (χ1n) is 9.99. The summed E-state index contributed by atoms with van der Waals surface area (Å²) in [6.07, 6.45) is 0.805. The molecule has 2 rings (SSSR count). The van der Waals surface area contributed by atoms with Crippen LogP contribution in [0.15, 0.2) is 48.5 Å². The van der Waals surface area contributed by atoms with E-state index in [1.54, 1.807) is 48.2 Å². The molecule has 2 amide bonds. The Morgan fingerprint density at radius 2 is 1.73 bits per heavy atom. The summed E-state index contributed by atoms with van der Waals surface area (Å²) < 4.78 is 5.66. The molecule has 0 heterocycles. The van der Waals surface area contributed by atoms with Crippen molar-refractivity contribution in [2.45, 2.75) is 52.2 Å². The average molecular weight is 451 g/mol. The molecule has 0 fully saturated rings. The van der Waals surface area contributed by atoms with Gasteiger partial charge < -0.3 is 15.0 Å². The van der Waals surface area contributed by atoms with E-state index in [-0.39, 0.29) is 24.3 Å². The first-order chi connectivity index (χ1) is 14.3. The molecule has 1 N–H and O–H groups in total. The maximum Gasteiger partial charge on any atom is 0.242 e. The molecule has 0 saturated carbocycles. The number of carbonyl (C=O) groups is 2. The van der Waals surface area contributed by atoms with Crippen molar-refractivity contribution in [1.29, 1.82) is 0 Å². The standard InChI is InChI=1S/C23H28Cl2N2O3/c1-16(2)26-23(29)17(3)27(15-18-6-4-7-20(25)14-18)22(28)8-5-13-30-21-11-9-19(24)10-12-21/h4,6-7,9-12,14,16-17H,5,8,13,15H2,1-3H3,(H,26,29). The molecule has 0 saturated heterocycles. The van der Waals surface area contributed by atoms with Crippen LogP contribution in [0.1, 0.15) is 39.2 Å². The summed E-state index contributed by atoms with van der Waals surface area (Å²) in [5.74, 6) is 0.409. The van der Waals surface area contributed by atoms with Crippen molar-refractivity contribution in [3.8, 4) is 5.75 Å². The van der Waals surface area contributed by atoms with E-state index in [2.05, 4.69) is 5.32 Å². The van der Waals surface area contributed by atoms with E-state index >= 15 is 0 Å². The summed E-state index contributed by atoms with van der Waals surface area (Å²) in [6.45, 7) is 6.23. The van der Waals surface area contributed by atoms with Crippen LogP contribution in [-0.2, 0) is 16.1 Å². The highest BCUT2D eigenvalue weighted by Gasteiger charge is 2.26. The van der Waals surface area contributed by atoms with Gasteiger partial charge in [-0.2, -0.15) is 0 Å². The monoisotopic (exact) mass is 450 g/mol. The number of amides is 2. The van der Waals surface area contributed by atoms with Gasteiger partial charge in [0.25, 0.3) is 0 Å². The van der Waals surface area contributed by atoms with Crippen molar-refractivity contribution in [3.63, 3.8) is 0 Å². The Morgan fingerprint density at radius 3 is 2.37 bits per heavy atom. The minimum absolute atomic E-state index is 0.00384. The lowest BCUT2D eigenvalue weighted by atomic mass is 10.1. The maximum absolute atomic E-state index is 13.0. The molecule has 0 spiro atoms. The minimum Gasteiger partial charge on any atom is -0.494 e. The van der Waals surface area contributed by atoms with Crippen molar-refractivity contribution < 1.29 is 14.3 Å². The molecule has 1 atom stereocenters. The van der Waals surface area contributed by atoms with Crippen molar-refractivity contribution in [2.75, 3.05) is 6.61 Å². The van der Waals surface area contributed by atoms with Gasteiger partial charge in [-0.3, -0.25) is 9.59 Å². The third-order valence-electron chi connectivity index (χ3n) is 4.46. The van der Waals surface area contributed by atoms with Gasteiger partial charge in [0.15, 0.2) is 0 Å². The van der Waals surface area contributed by atoms with E-state index in [1.165, 1.54) is 0 Å². The molecular weight excluding hydrogens is 423 g/mol. The molecule has 5 nitrogen and oxygen atoms in total. The van der Waals surface area contributed by atoms with Gasteiger partial charge in [-0.15, -0.1) is 0 Å². The van der Waals surface area contributed by atoms with E-state index in [9.17, 15) is 9.59 Å². The largest absolute Gasteiger partial charge is 0.494 e. The quantitative estimate of drug-likeness (QED) is 0.512. The van der Waals surface area contributed by atoms with Crippen LogP contribution in [0.2, 0.25) is 10.0 Å². The molecule has 0 radical (unpaired) electrons. The molecule has 0 bridgehead atoms. The zero-order valence-corrected chi connectivity index (χ0v) is 19.0. The fourth-order valence-electron chi connectivity index (χ4n) is 2.91. The van der Waals surface area contributed by atoms with Crippen LogP contribution in [0.3, 0.4) is 0 Å². The number of rotatable bonds is 10. The number of halogens is 2. The summed E-state index contributed by atoms with van der Waals surface area (Å²) in [5, 5.41) is 4.11. The van der Waals surface area contributed by atoms with E-state index in [4.69, 9.17) is 27.9 Å². The third kappa shape index (κ3) is 7.88. The van der Waals surface area contributed by atoms with Crippen LogP contribution in [0.25, 0.3) is 0 Å². The molecule has 1 unspecified atom stereocenters. The molecule has 2 aromatic rings. The molecule has 162 valence electrons.